The van der Waals surface area contributed by atoms with E-state index >= 15 is 0 Å². The Bertz CT molecular complexity index is 208. The van der Waals surface area contributed by atoms with Crippen molar-refractivity contribution in [3.05, 3.63) is 35.9 Å². The molecule has 0 aliphatic heterocycles. The number of hydrogen-bond donors (Lipinski definition) is 0. The van der Waals surface area contributed by atoms with Crippen molar-refractivity contribution in [2.24, 2.45) is 0 Å². The topological polar surface area (TPSA) is 3.24 Å². The minimum absolute atomic E-state index is 0.497. The summed E-state index contributed by atoms with van der Waals surface area (Å²) in [4.78, 5) is 0. The first-order chi connectivity index (χ1) is 5.22. The van der Waals surface area contributed by atoms with Gasteiger partial charge in [0, 0.05) is 28.9 Å². The highest BCUT2D eigenvalue weighted by Gasteiger charge is 2.06. The Morgan fingerprint density at radius 1 is 1.27 bits per heavy atom. The SMILES string of the molecule is C[C@H](c1ccccc1)N(C)I. The van der Waals surface area contributed by atoms with Crippen molar-refractivity contribution in [1.82, 2.24) is 3.11 Å². The van der Waals surface area contributed by atoms with Crippen LogP contribution in [-0.4, -0.2) is 10.2 Å². The Balaban J connectivity index is 2.77. The van der Waals surface area contributed by atoms with E-state index in [1.54, 1.807) is 0 Å². The summed E-state index contributed by atoms with van der Waals surface area (Å²) in [6, 6.07) is 11.0. The van der Waals surface area contributed by atoms with E-state index in [0.717, 1.165) is 0 Å². The molecule has 0 unspecified atom stereocenters. The minimum Gasteiger partial charge on any atom is -0.243 e. The van der Waals surface area contributed by atoms with Gasteiger partial charge in [0.1, 0.15) is 0 Å². The van der Waals surface area contributed by atoms with E-state index in [2.05, 4.69) is 64.2 Å². The summed E-state index contributed by atoms with van der Waals surface area (Å²) in [5.74, 6) is 0. The smallest absolute Gasteiger partial charge is 0.0412 e. The second-order valence-corrected chi connectivity index (χ2v) is 4.13. The highest BCUT2D eigenvalue weighted by atomic mass is 127. The molecule has 60 valence electrons. The molecule has 0 spiro atoms. The highest BCUT2D eigenvalue weighted by molar-refractivity contribution is 14.1. The molecule has 0 bridgehead atoms. The molecule has 0 fully saturated rings. The molecule has 0 N–H and O–H groups in total. The van der Waals surface area contributed by atoms with Gasteiger partial charge in [-0.2, -0.15) is 0 Å². The van der Waals surface area contributed by atoms with Gasteiger partial charge in [-0.05, 0) is 19.5 Å². The van der Waals surface area contributed by atoms with Gasteiger partial charge < -0.3 is 0 Å². The van der Waals surface area contributed by atoms with Crippen LogP contribution in [0, 0.1) is 0 Å². The molecular weight excluding hydrogens is 249 g/mol. The molecule has 1 atom stereocenters. The van der Waals surface area contributed by atoms with Crippen LogP contribution in [0.1, 0.15) is 18.5 Å². The predicted octanol–water partition coefficient (Wildman–Crippen LogP) is 3.03. The fourth-order valence-electron chi connectivity index (χ4n) is 0.937. The zero-order valence-corrected chi connectivity index (χ0v) is 8.95. The van der Waals surface area contributed by atoms with Crippen molar-refractivity contribution in [3.63, 3.8) is 0 Å². The maximum Gasteiger partial charge on any atom is 0.0412 e. The molecule has 1 nitrogen and oxygen atoms in total. The summed E-state index contributed by atoms with van der Waals surface area (Å²) >= 11 is 2.31. The normalized spacial score (nSPS) is 13.5. The van der Waals surface area contributed by atoms with Crippen LogP contribution in [0.3, 0.4) is 0 Å². The Morgan fingerprint density at radius 2 is 1.82 bits per heavy atom. The lowest BCUT2D eigenvalue weighted by Gasteiger charge is -2.17. The number of rotatable bonds is 2. The maximum atomic E-state index is 2.31. The fourth-order valence-corrected chi connectivity index (χ4v) is 1.26. The first kappa shape index (κ1) is 9.00. The summed E-state index contributed by atoms with van der Waals surface area (Å²) in [6.45, 7) is 2.20. The van der Waals surface area contributed by atoms with Crippen molar-refractivity contribution in [1.29, 1.82) is 0 Å². The molecule has 0 aliphatic rings. The van der Waals surface area contributed by atoms with E-state index < -0.39 is 0 Å². The van der Waals surface area contributed by atoms with Crippen LogP contribution in [0.25, 0.3) is 0 Å². The third-order valence-corrected chi connectivity index (χ3v) is 2.65. The first-order valence-electron chi connectivity index (χ1n) is 3.65. The minimum atomic E-state index is 0.497. The van der Waals surface area contributed by atoms with Crippen molar-refractivity contribution < 1.29 is 0 Å². The van der Waals surface area contributed by atoms with Crippen LogP contribution < -0.4 is 0 Å². The van der Waals surface area contributed by atoms with Gasteiger partial charge in [0.2, 0.25) is 0 Å². The number of nitrogens with zero attached hydrogens (tertiary/aromatic N) is 1. The van der Waals surface area contributed by atoms with Crippen LogP contribution in [-0.2, 0) is 0 Å². The van der Waals surface area contributed by atoms with Crippen molar-refractivity contribution in [2.45, 2.75) is 13.0 Å². The van der Waals surface area contributed by atoms with Crippen molar-refractivity contribution >= 4 is 22.9 Å². The third-order valence-electron chi connectivity index (χ3n) is 1.82. The van der Waals surface area contributed by atoms with Crippen molar-refractivity contribution in [3.8, 4) is 0 Å². The van der Waals surface area contributed by atoms with Gasteiger partial charge in [0.25, 0.3) is 0 Å². The highest BCUT2D eigenvalue weighted by Crippen LogP contribution is 2.20. The van der Waals surface area contributed by atoms with E-state index in [1.807, 2.05) is 6.07 Å². The van der Waals surface area contributed by atoms with Crippen molar-refractivity contribution in [2.75, 3.05) is 7.05 Å². The molecule has 0 amide bonds. The fraction of sp³-hybridized carbons (Fsp3) is 0.333. The molecule has 0 heterocycles. The Kier molecular flexibility index (Phi) is 3.33. The average molecular weight is 261 g/mol. The quantitative estimate of drug-likeness (QED) is 0.584. The monoisotopic (exact) mass is 261 g/mol. The summed E-state index contributed by atoms with van der Waals surface area (Å²) in [5, 5.41) is 0. The molecule has 1 rings (SSSR count). The van der Waals surface area contributed by atoms with E-state index in [4.69, 9.17) is 0 Å². The van der Waals surface area contributed by atoms with Crippen LogP contribution in [0.2, 0.25) is 0 Å². The number of hydrogen-bond acceptors (Lipinski definition) is 1. The van der Waals surface area contributed by atoms with E-state index in [0.29, 0.717) is 6.04 Å². The second-order valence-electron chi connectivity index (χ2n) is 2.61. The maximum absolute atomic E-state index is 2.31. The van der Waals surface area contributed by atoms with Gasteiger partial charge in [-0.15, -0.1) is 0 Å². The summed E-state index contributed by atoms with van der Waals surface area (Å²) in [6.07, 6.45) is 0. The molecule has 0 radical (unpaired) electrons. The molecular formula is C9H12IN. The standard InChI is InChI=1S/C9H12IN/c1-8(11(2)10)9-6-4-3-5-7-9/h3-8H,1-2H3/t8-/m1/s1. The lowest BCUT2D eigenvalue weighted by atomic mass is 10.1. The molecule has 2 heteroatoms. The zero-order valence-electron chi connectivity index (χ0n) is 6.79. The zero-order chi connectivity index (χ0) is 8.27. The summed E-state index contributed by atoms with van der Waals surface area (Å²) < 4.78 is 2.17. The summed E-state index contributed by atoms with van der Waals surface area (Å²) in [5.41, 5.74) is 1.37. The summed E-state index contributed by atoms with van der Waals surface area (Å²) in [7, 11) is 2.08. The van der Waals surface area contributed by atoms with E-state index in [9.17, 15) is 0 Å². The van der Waals surface area contributed by atoms with Gasteiger partial charge in [-0.3, -0.25) is 0 Å². The first-order valence-corrected chi connectivity index (χ1v) is 4.62. The van der Waals surface area contributed by atoms with Gasteiger partial charge in [0.05, 0.1) is 0 Å². The Hall–Kier alpha value is -0.0900. The lowest BCUT2D eigenvalue weighted by molar-refractivity contribution is 0.489. The van der Waals surface area contributed by atoms with Crippen LogP contribution in [0.15, 0.2) is 30.3 Å². The van der Waals surface area contributed by atoms with Crippen LogP contribution >= 0.6 is 22.9 Å². The average Bonchev–Trinajstić information content (AvgIpc) is 2.05. The lowest BCUT2D eigenvalue weighted by Crippen LogP contribution is -2.09. The molecule has 0 aromatic heterocycles. The predicted molar refractivity (Wildman–Crippen MR) is 56.6 cm³/mol. The van der Waals surface area contributed by atoms with Gasteiger partial charge in [-0.25, -0.2) is 3.11 Å². The van der Waals surface area contributed by atoms with Gasteiger partial charge >= 0.3 is 0 Å². The van der Waals surface area contributed by atoms with Crippen LogP contribution in [0.5, 0.6) is 0 Å². The molecule has 11 heavy (non-hydrogen) atoms. The Morgan fingerprint density at radius 3 is 2.27 bits per heavy atom. The molecule has 0 aliphatic carbocycles. The van der Waals surface area contributed by atoms with E-state index in [-0.39, 0.29) is 0 Å². The van der Waals surface area contributed by atoms with Gasteiger partial charge in [-0.1, -0.05) is 30.3 Å². The number of benzene rings is 1. The largest absolute Gasteiger partial charge is 0.243 e. The van der Waals surface area contributed by atoms with Crippen LogP contribution in [0.4, 0.5) is 0 Å². The Labute approximate surface area is 81.9 Å². The molecule has 1 aromatic carbocycles. The third kappa shape index (κ3) is 2.45. The number of halogens is 1. The second kappa shape index (κ2) is 4.07. The van der Waals surface area contributed by atoms with E-state index in [1.165, 1.54) is 5.56 Å². The van der Waals surface area contributed by atoms with Gasteiger partial charge in [0.15, 0.2) is 0 Å². The molecule has 0 saturated carbocycles. The molecule has 1 aromatic rings. The molecule has 0 saturated heterocycles.